The van der Waals surface area contributed by atoms with E-state index in [9.17, 15) is 13.2 Å². The first-order valence-electron chi connectivity index (χ1n) is 9.91. The summed E-state index contributed by atoms with van der Waals surface area (Å²) in [7, 11) is -3.72. The monoisotopic (exact) mass is 467 g/mol. The zero-order valence-corrected chi connectivity index (χ0v) is 18.5. The highest BCUT2D eigenvalue weighted by Crippen LogP contribution is 2.32. The molecular formula is C23H21N3O6S. The molecule has 0 atom stereocenters. The summed E-state index contributed by atoms with van der Waals surface area (Å²) in [4.78, 5) is 12.4. The first-order chi connectivity index (χ1) is 15.9. The van der Waals surface area contributed by atoms with Crippen molar-refractivity contribution in [2.45, 2.75) is 0 Å². The Labute approximate surface area is 191 Å². The molecule has 0 radical (unpaired) electrons. The summed E-state index contributed by atoms with van der Waals surface area (Å²) in [5.41, 5.74) is 3.36. The third kappa shape index (κ3) is 5.80. The van der Waals surface area contributed by atoms with Crippen LogP contribution in [-0.2, 0) is 14.8 Å². The quantitative estimate of drug-likeness (QED) is 0.403. The normalized spacial score (nSPS) is 12.5. The van der Waals surface area contributed by atoms with Crippen molar-refractivity contribution in [1.29, 1.82) is 0 Å². The van der Waals surface area contributed by atoms with Gasteiger partial charge in [-0.2, -0.15) is 5.10 Å². The number of benzene rings is 3. The maximum Gasteiger partial charge on any atom is 0.260 e. The highest BCUT2D eigenvalue weighted by atomic mass is 32.2. The molecule has 0 saturated heterocycles. The number of hydrogen-bond acceptors (Lipinski definition) is 7. The van der Waals surface area contributed by atoms with Crippen LogP contribution in [0.3, 0.4) is 0 Å². The molecule has 1 amide bonds. The Bertz CT molecular complexity index is 1260. The fourth-order valence-electron chi connectivity index (χ4n) is 3.04. The Kier molecular flexibility index (Phi) is 6.45. The lowest BCUT2D eigenvalue weighted by Gasteiger charge is -2.21. The second-order valence-electron chi connectivity index (χ2n) is 7.08. The van der Waals surface area contributed by atoms with Crippen molar-refractivity contribution >= 4 is 27.8 Å². The number of para-hydroxylation sites is 1. The van der Waals surface area contributed by atoms with Crippen LogP contribution in [0.15, 0.2) is 77.9 Å². The third-order valence-electron chi connectivity index (χ3n) is 4.59. The van der Waals surface area contributed by atoms with E-state index in [4.69, 9.17) is 14.2 Å². The van der Waals surface area contributed by atoms with Gasteiger partial charge in [-0.3, -0.25) is 9.10 Å². The van der Waals surface area contributed by atoms with Gasteiger partial charge in [0.2, 0.25) is 16.8 Å². The predicted molar refractivity (Wildman–Crippen MR) is 123 cm³/mol. The second-order valence-corrected chi connectivity index (χ2v) is 8.99. The maximum atomic E-state index is 12.4. The van der Waals surface area contributed by atoms with Gasteiger partial charge in [-0.1, -0.05) is 18.2 Å². The highest BCUT2D eigenvalue weighted by molar-refractivity contribution is 7.92. The van der Waals surface area contributed by atoms with E-state index in [1.165, 1.54) is 6.21 Å². The number of carbonyl (C=O) groups is 1. The van der Waals surface area contributed by atoms with Crippen LogP contribution in [0.25, 0.3) is 0 Å². The fourth-order valence-corrected chi connectivity index (χ4v) is 3.90. The van der Waals surface area contributed by atoms with Crippen LogP contribution >= 0.6 is 0 Å². The average Bonchev–Trinajstić information content (AvgIpc) is 3.26. The summed E-state index contributed by atoms with van der Waals surface area (Å²) in [6, 6.07) is 20.8. The average molecular weight is 468 g/mol. The van der Waals surface area contributed by atoms with Crippen molar-refractivity contribution in [3.8, 4) is 23.0 Å². The smallest absolute Gasteiger partial charge is 0.260 e. The number of nitrogens with one attached hydrogen (secondary N) is 1. The summed E-state index contributed by atoms with van der Waals surface area (Å²) >= 11 is 0. The van der Waals surface area contributed by atoms with Gasteiger partial charge in [0.25, 0.3) is 5.91 Å². The molecule has 3 aromatic rings. The van der Waals surface area contributed by atoms with Crippen molar-refractivity contribution in [3.63, 3.8) is 0 Å². The molecule has 33 heavy (non-hydrogen) atoms. The van der Waals surface area contributed by atoms with Gasteiger partial charge in [-0.05, 0) is 60.2 Å². The number of carbonyl (C=O) groups excluding carboxylic acids is 1. The molecule has 3 aromatic carbocycles. The van der Waals surface area contributed by atoms with Gasteiger partial charge >= 0.3 is 0 Å². The van der Waals surface area contributed by atoms with Crippen LogP contribution in [0.2, 0.25) is 0 Å². The van der Waals surface area contributed by atoms with E-state index in [1.54, 1.807) is 42.5 Å². The number of amides is 1. The SMILES string of the molecule is CS(=O)(=O)N(CC(=O)N/N=C\c1ccc2c(c1)OCO2)c1ccc(Oc2ccccc2)cc1. The topological polar surface area (TPSA) is 107 Å². The lowest BCUT2D eigenvalue weighted by atomic mass is 10.2. The Hall–Kier alpha value is -4.05. The molecular weight excluding hydrogens is 446 g/mol. The van der Waals surface area contributed by atoms with Gasteiger partial charge < -0.3 is 14.2 Å². The number of rotatable bonds is 8. The molecule has 0 saturated carbocycles. The molecule has 10 heteroatoms. The summed E-state index contributed by atoms with van der Waals surface area (Å²) in [5, 5.41) is 3.89. The molecule has 170 valence electrons. The molecule has 0 bridgehead atoms. The van der Waals surface area contributed by atoms with Gasteiger partial charge in [0.05, 0.1) is 18.2 Å². The number of fused-ring (bicyclic) bond motifs is 1. The molecule has 1 heterocycles. The maximum absolute atomic E-state index is 12.4. The largest absolute Gasteiger partial charge is 0.457 e. The minimum absolute atomic E-state index is 0.160. The van der Waals surface area contributed by atoms with Gasteiger partial charge in [0.15, 0.2) is 11.5 Å². The molecule has 0 aromatic heterocycles. The van der Waals surface area contributed by atoms with Crippen LogP contribution in [0, 0.1) is 0 Å². The molecule has 0 fully saturated rings. The Balaban J connectivity index is 1.39. The Morgan fingerprint density at radius 2 is 1.73 bits per heavy atom. The van der Waals surface area contributed by atoms with Crippen molar-refractivity contribution < 1.29 is 27.4 Å². The van der Waals surface area contributed by atoms with Gasteiger partial charge in [0.1, 0.15) is 18.0 Å². The second kappa shape index (κ2) is 9.61. The van der Waals surface area contributed by atoms with E-state index in [-0.39, 0.29) is 6.79 Å². The zero-order chi connectivity index (χ0) is 23.3. The summed E-state index contributed by atoms with van der Waals surface area (Å²) < 4.78 is 41.8. The first kappa shape index (κ1) is 22.2. The third-order valence-corrected chi connectivity index (χ3v) is 5.73. The Morgan fingerprint density at radius 1 is 1.03 bits per heavy atom. The molecule has 0 unspecified atom stereocenters. The van der Waals surface area contributed by atoms with E-state index < -0.39 is 22.5 Å². The lowest BCUT2D eigenvalue weighted by molar-refractivity contribution is -0.119. The van der Waals surface area contributed by atoms with E-state index in [0.717, 1.165) is 10.6 Å². The minimum atomic E-state index is -3.72. The van der Waals surface area contributed by atoms with E-state index >= 15 is 0 Å². The number of anilines is 1. The van der Waals surface area contributed by atoms with Crippen molar-refractivity contribution in [2.75, 3.05) is 23.9 Å². The fraction of sp³-hybridized carbons (Fsp3) is 0.130. The number of hydrogen-bond donors (Lipinski definition) is 1. The minimum Gasteiger partial charge on any atom is -0.457 e. The highest BCUT2D eigenvalue weighted by Gasteiger charge is 2.21. The van der Waals surface area contributed by atoms with Crippen LogP contribution in [0.5, 0.6) is 23.0 Å². The molecule has 0 spiro atoms. The standard InChI is InChI=1S/C23H21N3O6S/c1-33(28,29)26(18-8-10-20(11-9-18)32-19-5-3-2-4-6-19)15-23(27)25-24-14-17-7-12-21-22(13-17)31-16-30-21/h2-14H,15-16H2,1H3,(H,25,27)/b24-14-. The van der Waals surface area contributed by atoms with Crippen LogP contribution in [-0.4, -0.2) is 40.1 Å². The van der Waals surface area contributed by atoms with Crippen molar-refractivity contribution in [3.05, 3.63) is 78.4 Å². The molecule has 9 nitrogen and oxygen atoms in total. The number of nitrogens with zero attached hydrogens (tertiary/aromatic N) is 2. The van der Waals surface area contributed by atoms with Crippen LogP contribution < -0.4 is 23.9 Å². The van der Waals surface area contributed by atoms with Crippen molar-refractivity contribution in [2.24, 2.45) is 5.10 Å². The summed E-state index contributed by atoms with van der Waals surface area (Å²) in [5.74, 6) is 1.83. The van der Waals surface area contributed by atoms with Crippen LogP contribution in [0.4, 0.5) is 5.69 Å². The molecule has 1 aliphatic heterocycles. The number of sulfonamides is 1. The molecule has 1 aliphatic rings. The van der Waals surface area contributed by atoms with Crippen molar-refractivity contribution in [1.82, 2.24) is 5.43 Å². The summed E-state index contributed by atoms with van der Waals surface area (Å²) in [6.45, 7) is -0.274. The molecule has 1 N–H and O–H groups in total. The lowest BCUT2D eigenvalue weighted by Crippen LogP contribution is -2.38. The Morgan fingerprint density at radius 3 is 2.45 bits per heavy atom. The predicted octanol–water partition coefficient (Wildman–Crippen LogP) is 3.12. The first-order valence-corrected chi connectivity index (χ1v) is 11.8. The molecule has 0 aliphatic carbocycles. The zero-order valence-electron chi connectivity index (χ0n) is 17.7. The molecule has 4 rings (SSSR count). The summed E-state index contributed by atoms with van der Waals surface area (Å²) in [6.07, 6.45) is 2.46. The van der Waals surface area contributed by atoms with E-state index in [2.05, 4.69) is 10.5 Å². The van der Waals surface area contributed by atoms with E-state index in [0.29, 0.717) is 34.2 Å². The van der Waals surface area contributed by atoms with Gasteiger partial charge in [-0.25, -0.2) is 13.8 Å². The van der Waals surface area contributed by atoms with Gasteiger partial charge in [0, 0.05) is 0 Å². The number of hydrazone groups is 1. The van der Waals surface area contributed by atoms with E-state index in [1.807, 2.05) is 30.3 Å². The number of ether oxygens (including phenoxy) is 3. The van der Waals surface area contributed by atoms with Gasteiger partial charge in [-0.15, -0.1) is 0 Å². The van der Waals surface area contributed by atoms with Crippen LogP contribution in [0.1, 0.15) is 5.56 Å².